The van der Waals surface area contributed by atoms with Crippen LogP contribution in [0.4, 0.5) is 0 Å². The third-order valence-electron chi connectivity index (χ3n) is 6.76. The number of hydrogen-bond donors (Lipinski definition) is 3. The van der Waals surface area contributed by atoms with Crippen molar-refractivity contribution in [2.75, 3.05) is 20.6 Å². The molecule has 5 rings (SSSR count). The second kappa shape index (κ2) is 11.0. The third-order valence-corrected chi connectivity index (χ3v) is 7.80. The third kappa shape index (κ3) is 5.57. The molecule has 1 amide bonds. The fraction of sp³-hybridized carbons (Fsp3) is 0.258. The first-order valence-corrected chi connectivity index (χ1v) is 13.9. The molecule has 0 saturated carbocycles. The molecule has 0 saturated heterocycles. The molecule has 1 aliphatic rings. The minimum Gasteiger partial charge on any atom is -0.357 e. The highest BCUT2D eigenvalue weighted by Crippen LogP contribution is 2.39. The Morgan fingerprint density at radius 2 is 2.13 bits per heavy atom. The van der Waals surface area contributed by atoms with Crippen LogP contribution in [0.2, 0.25) is 0 Å². The first-order chi connectivity index (χ1) is 18.7. The molecule has 4 aromatic heterocycles. The second-order valence-corrected chi connectivity index (χ2v) is 11.6. The van der Waals surface area contributed by atoms with Crippen molar-refractivity contribution in [3.05, 3.63) is 93.6 Å². The molecule has 1 atom stereocenters. The highest BCUT2D eigenvalue weighted by atomic mass is 32.1. The summed E-state index contributed by atoms with van der Waals surface area (Å²) >= 11 is 1.83. The molecule has 4 aromatic rings. The Bertz CT molecular complexity index is 1640. The van der Waals surface area contributed by atoms with Crippen LogP contribution in [0.3, 0.4) is 0 Å². The average molecular weight is 539 g/mol. The van der Waals surface area contributed by atoms with Crippen LogP contribution in [0, 0.1) is 12.8 Å². The Kier molecular flexibility index (Phi) is 7.50. The minimum absolute atomic E-state index is 0.0940. The molecule has 8 heteroatoms. The zero-order valence-electron chi connectivity index (χ0n) is 23.1. The predicted molar refractivity (Wildman–Crippen MR) is 161 cm³/mol. The number of H-pyrrole nitrogens is 2. The Morgan fingerprint density at radius 3 is 2.82 bits per heavy atom. The summed E-state index contributed by atoms with van der Waals surface area (Å²) in [4.78, 5) is 25.0. The normalized spacial score (nSPS) is 15.9. The number of pyridine rings is 1. The SMILES string of the molecule is C=C/C(=C\C(=C/C)c1cnc2[nH]nc(-c3cc4c([nH]3)CC(C)C=C4c3ccc(C)s3)c2c1)NC(=O)CN(C)C. The van der Waals surface area contributed by atoms with Gasteiger partial charge in [0, 0.05) is 43.9 Å². The van der Waals surface area contributed by atoms with Crippen LogP contribution in [0.25, 0.3) is 33.6 Å². The number of aromatic nitrogens is 4. The Balaban J connectivity index is 1.50. The molecule has 0 radical (unpaired) electrons. The maximum Gasteiger partial charge on any atom is 0.238 e. The largest absolute Gasteiger partial charge is 0.357 e. The van der Waals surface area contributed by atoms with Crippen LogP contribution in [-0.2, 0) is 11.2 Å². The number of carbonyl (C=O) groups excluding carboxylic acids is 1. The number of aryl methyl sites for hydroxylation is 1. The van der Waals surface area contributed by atoms with Crippen molar-refractivity contribution in [2.24, 2.45) is 5.92 Å². The first kappa shape index (κ1) is 26.6. The van der Waals surface area contributed by atoms with E-state index in [9.17, 15) is 4.79 Å². The standard InChI is InChI=1S/C31H34N6OS/c1-7-20(13-22(8-2)33-29(38)17-37(5)6)21-14-25-30(35-36-31(25)32-16-21)27-15-23-24(28-10-9-19(4)39-28)11-18(3)12-26(23)34-27/h7-11,13-16,18,34H,2,12,17H2,1,3-6H3,(H,33,38)(H,32,35,36)/b20-7+,22-13+. The van der Waals surface area contributed by atoms with Crippen LogP contribution in [0.1, 0.15) is 40.4 Å². The predicted octanol–water partition coefficient (Wildman–Crippen LogP) is 6.10. The maximum absolute atomic E-state index is 12.3. The number of nitrogens with one attached hydrogen (secondary N) is 3. The molecular formula is C31H34N6OS. The summed E-state index contributed by atoms with van der Waals surface area (Å²) in [6, 6.07) is 8.71. The van der Waals surface area contributed by atoms with E-state index in [4.69, 9.17) is 0 Å². The molecule has 3 N–H and O–H groups in total. The van der Waals surface area contributed by atoms with Gasteiger partial charge in [0.25, 0.3) is 0 Å². The molecule has 1 aliphatic carbocycles. The van der Waals surface area contributed by atoms with Gasteiger partial charge < -0.3 is 15.2 Å². The topological polar surface area (TPSA) is 89.7 Å². The summed E-state index contributed by atoms with van der Waals surface area (Å²) in [5.41, 5.74) is 8.79. The summed E-state index contributed by atoms with van der Waals surface area (Å²) < 4.78 is 0. The van der Waals surface area contributed by atoms with Crippen molar-refractivity contribution in [3.63, 3.8) is 0 Å². The van der Waals surface area contributed by atoms with Crippen molar-refractivity contribution < 1.29 is 4.79 Å². The van der Waals surface area contributed by atoms with Gasteiger partial charge in [0.1, 0.15) is 5.69 Å². The van der Waals surface area contributed by atoms with E-state index >= 15 is 0 Å². The number of amides is 1. The number of rotatable bonds is 8. The number of carbonyl (C=O) groups is 1. The molecule has 39 heavy (non-hydrogen) atoms. The van der Waals surface area contributed by atoms with Gasteiger partial charge in [-0.2, -0.15) is 5.10 Å². The van der Waals surface area contributed by atoms with Crippen molar-refractivity contribution in [2.45, 2.75) is 27.2 Å². The lowest BCUT2D eigenvalue weighted by molar-refractivity contribution is -0.120. The molecule has 0 aromatic carbocycles. The van der Waals surface area contributed by atoms with Crippen LogP contribution in [0.15, 0.2) is 67.0 Å². The maximum atomic E-state index is 12.3. The van der Waals surface area contributed by atoms with Gasteiger partial charge in [-0.3, -0.25) is 9.89 Å². The number of fused-ring (bicyclic) bond motifs is 2. The molecule has 0 aliphatic heterocycles. The van der Waals surface area contributed by atoms with Gasteiger partial charge in [0.05, 0.1) is 12.2 Å². The fourth-order valence-corrected chi connectivity index (χ4v) is 5.88. The highest BCUT2D eigenvalue weighted by molar-refractivity contribution is 7.13. The van der Waals surface area contributed by atoms with E-state index in [0.717, 1.165) is 40.0 Å². The number of likely N-dealkylation sites (N-methyl/N-ethyl adjacent to an activating group) is 1. The summed E-state index contributed by atoms with van der Waals surface area (Å²) in [5, 5.41) is 11.6. The van der Waals surface area contributed by atoms with Crippen LogP contribution in [0.5, 0.6) is 0 Å². The Morgan fingerprint density at radius 1 is 1.31 bits per heavy atom. The van der Waals surface area contributed by atoms with E-state index in [1.165, 1.54) is 26.6 Å². The average Bonchev–Trinajstić information content (AvgIpc) is 3.62. The molecular weight excluding hydrogens is 504 g/mol. The number of nitrogens with zero attached hydrogens (tertiary/aromatic N) is 3. The molecule has 4 heterocycles. The zero-order valence-corrected chi connectivity index (χ0v) is 23.9. The van der Waals surface area contributed by atoms with Gasteiger partial charge in [-0.15, -0.1) is 11.3 Å². The van der Waals surface area contributed by atoms with E-state index in [1.807, 2.05) is 55.6 Å². The molecule has 200 valence electrons. The quantitative estimate of drug-likeness (QED) is 0.237. The monoisotopic (exact) mass is 538 g/mol. The van der Waals surface area contributed by atoms with E-state index in [1.54, 1.807) is 6.08 Å². The smallest absolute Gasteiger partial charge is 0.238 e. The number of hydrogen-bond acceptors (Lipinski definition) is 5. The minimum atomic E-state index is -0.0940. The first-order valence-electron chi connectivity index (χ1n) is 13.1. The van der Waals surface area contributed by atoms with Crippen LogP contribution < -0.4 is 5.32 Å². The Hall–Kier alpha value is -4.01. The van der Waals surface area contributed by atoms with E-state index < -0.39 is 0 Å². The zero-order chi connectivity index (χ0) is 27.7. The van der Waals surface area contributed by atoms with Crippen molar-refractivity contribution in [1.29, 1.82) is 0 Å². The summed E-state index contributed by atoms with van der Waals surface area (Å²) in [6.45, 7) is 10.5. The van der Waals surface area contributed by atoms with Crippen molar-refractivity contribution in [3.8, 4) is 11.4 Å². The van der Waals surface area contributed by atoms with Crippen molar-refractivity contribution in [1.82, 2.24) is 30.4 Å². The lowest BCUT2D eigenvalue weighted by Gasteiger charge is -2.17. The van der Waals surface area contributed by atoms with E-state index in [2.05, 4.69) is 76.3 Å². The van der Waals surface area contributed by atoms with E-state index in [-0.39, 0.29) is 5.91 Å². The Labute approximate surface area is 233 Å². The lowest BCUT2D eigenvalue weighted by Crippen LogP contribution is -2.32. The summed E-state index contributed by atoms with van der Waals surface area (Å²) in [7, 11) is 3.72. The molecule has 0 spiro atoms. The number of allylic oxidation sites excluding steroid dienone is 5. The second-order valence-electron chi connectivity index (χ2n) is 10.3. The molecule has 7 nitrogen and oxygen atoms in total. The van der Waals surface area contributed by atoms with Gasteiger partial charge in [0.2, 0.25) is 5.91 Å². The molecule has 0 fully saturated rings. The molecule has 0 bridgehead atoms. The molecule has 1 unspecified atom stereocenters. The fourth-order valence-electron chi connectivity index (χ4n) is 4.98. The van der Waals surface area contributed by atoms with Gasteiger partial charge in [-0.1, -0.05) is 25.7 Å². The van der Waals surface area contributed by atoms with Gasteiger partial charge in [0.15, 0.2) is 5.65 Å². The van der Waals surface area contributed by atoms with E-state index in [0.29, 0.717) is 18.2 Å². The lowest BCUT2D eigenvalue weighted by atomic mass is 9.89. The number of aromatic amines is 2. The van der Waals surface area contributed by atoms with Gasteiger partial charge >= 0.3 is 0 Å². The van der Waals surface area contributed by atoms with Gasteiger partial charge in [-0.05, 0) is 87.8 Å². The summed E-state index contributed by atoms with van der Waals surface area (Å²) in [6.07, 6.45) is 10.7. The number of thiophene rings is 1. The van der Waals surface area contributed by atoms with Crippen LogP contribution >= 0.6 is 11.3 Å². The van der Waals surface area contributed by atoms with Crippen LogP contribution in [-0.4, -0.2) is 51.6 Å². The van der Waals surface area contributed by atoms with Gasteiger partial charge in [-0.25, -0.2) is 4.98 Å². The summed E-state index contributed by atoms with van der Waals surface area (Å²) in [5.74, 6) is 0.357. The highest BCUT2D eigenvalue weighted by Gasteiger charge is 2.24. The van der Waals surface area contributed by atoms with Crippen molar-refractivity contribution >= 4 is 39.4 Å².